The highest BCUT2D eigenvalue weighted by atomic mass is 16.5. The number of rotatable bonds is 8. The monoisotopic (exact) mass is 271 g/mol. The van der Waals surface area contributed by atoms with Gasteiger partial charge < -0.3 is 29.3 Å². The second kappa shape index (κ2) is 7.70. The second-order valence-electron chi connectivity index (χ2n) is 3.79. The number of methoxy groups -OCH3 is 3. The van der Waals surface area contributed by atoms with Gasteiger partial charge in [0.15, 0.2) is 11.5 Å². The maximum Gasteiger partial charge on any atom is 0.188 e. The van der Waals surface area contributed by atoms with Crippen LogP contribution in [0.2, 0.25) is 0 Å². The largest absolute Gasteiger partial charge is 0.494 e. The van der Waals surface area contributed by atoms with Gasteiger partial charge in [0, 0.05) is 13.1 Å². The zero-order chi connectivity index (χ0) is 14.3. The molecule has 0 atom stereocenters. The third-order valence-corrected chi connectivity index (χ3v) is 2.76. The fourth-order valence-corrected chi connectivity index (χ4v) is 1.93. The fourth-order valence-electron chi connectivity index (χ4n) is 1.93. The van der Waals surface area contributed by atoms with E-state index in [2.05, 4.69) is 0 Å². The summed E-state index contributed by atoms with van der Waals surface area (Å²) in [6.45, 7) is 0.647. The van der Waals surface area contributed by atoms with Crippen LogP contribution in [0.1, 0.15) is 0 Å². The predicted molar refractivity (Wildman–Crippen MR) is 72.5 cm³/mol. The number of aliphatic hydroxyl groups excluding tert-OH is 2. The zero-order valence-electron chi connectivity index (χ0n) is 11.5. The fraction of sp³-hybridized carbons (Fsp3) is 0.538. The van der Waals surface area contributed by atoms with Gasteiger partial charge in [-0.05, 0) is 12.1 Å². The lowest BCUT2D eigenvalue weighted by Crippen LogP contribution is -2.30. The van der Waals surface area contributed by atoms with Crippen LogP contribution in [0.15, 0.2) is 12.1 Å². The van der Waals surface area contributed by atoms with Crippen LogP contribution in [-0.2, 0) is 0 Å². The van der Waals surface area contributed by atoms with Gasteiger partial charge in [-0.2, -0.15) is 0 Å². The Morgan fingerprint density at radius 2 is 1.42 bits per heavy atom. The number of benzene rings is 1. The van der Waals surface area contributed by atoms with Gasteiger partial charge in [0.05, 0.1) is 34.5 Å². The van der Waals surface area contributed by atoms with Gasteiger partial charge in [0.2, 0.25) is 0 Å². The van der Waals surface area contributed by atoms with Crippen molar-refractivity contribution in [2.24, 2.45) is 0 Å². The van der Waals surface area contributed by atoms with Crippen LogP contribution in [-0.4, -0.2) is 57.8 Å². The Hall–Kier alpha value is -1.66. The van der Waals surface area contributed by atoms with E-state index in [-0.39, 0.29) is 13.2 Å². The van der Waals surface area contributed by atoms with Gasteiger partial charge in [-0.15, -0.1) is 0 Å². The average Bonchev–Trinajstić information content (AvgIpc) is 2.45. The number of aliphatic hydroxyl groups is 2. The molecule has 0 fully saturated rings. The van der Waals surface area contributed by atoms with Gasteiger partial charge >= 0.3 is 0 Å². The predicted octanol–water partition coefficient (Wildman–Crippen LogP) is 0.503. The lowest BCUT2D eigenvalue weighted by molar-refractivity contribution is 0.278. The minimum Gasteiger partial charge on any atom is -0.494 e. The molecule has 0 spiro atoms. The van der Waals surface area contributed by atoms with Crippen LogP contribution < -0.4 is 19.1 Å². The molecule has 0 aliphatic rings. The number of hydrogen-bond donors (Lipinski definition) is 2. The Morgan fingerprint density at radius 3 is 1.84 bits per heavy atom. The maximum absolute atomic E-state index is 9.14. The first-order valence-electron chi connectivity index (χ1n) is 5.99. The molecule has 0 heterocycles. The van der Waals surface area contributed by atoms with Crippen molar-refractivity contribution in [1.82, 2.24) is 0 Å². The lowest BCUT2D eigenvalue weighted by atomic mass is 10.2. The van der Waals surface area contributed by atoms with E-state index in [0.29, 0.717) is 36.0 Å². The molecule has 1 aromatic carbocycles. The highest BCUT2D eigenvalue weighted by Crippen LogP contribution is 2.44. The van der Waals surface area contributed by atoms with Crippen molar-refractivity contribution in [1.29, 1.82) is 0 Å². The van der Waals surface area contributed by atoms with Gasteiger partial charge in [-0.3, -0.25) is 0 Å². The number of anilines is 1. The summed E-state index contributed by atoms with van der Waals surface area (Å²) in [6.07, 6.45) is 0. The highest BCUT2D eigenvalue weighted by molar-refractivity contribution is 5.72. The van der Waals surface area contributed by atoms with Crippen molar-refractivity contribution in [3.05, 3.63) is 12.1 Å². The van der Waals surface area contributed by atoms with Crippen LogP contribution in [0.5, 0.6) is 17.2 Å². The molecular formula is C13H21NO5. The first-order chi connectivity index (χ1) is 9.23. The molecule has 6 heteroatoms. The molecule has 0 aromatic heterocycles. The minimum absolute atomic E-state index is 0.0382. The topological polar surface area (TPSA) is 71.4 Å². The van der Waals surface area contributed by atoms with E-state index in [0.717, 1.165) is 0 Å². The van der Waals surface area contributed by atoms with Gasteiger partial charge in [0.25, 0.3) is 0 Å². The third-order valence-electron chi connectivity index (χ3n) is 2.76. The highest BCUT2D eigenvalue weighted by Gasteiger charge is 2.21. The molecule has 2 N–H and O–H groups in total. The summed E-state index contributed by atoms with van der Waals surface area (Å²) in [6, 6.07) is 3.51. The Bertz CT molecular complexity index is 391. The molecule has 0 aliphatic heterocycles. The van der Waals surface area contributed by atoms with Crippen LogP contribution in [0.4, 0.5) is 5.69 Å². The molecule has 0 saturated carbocycles. The van der Waals surface area contributed by atoms with Crippen LogP contribution in [0.3, 0.4) is 0 Å². The number of hydrogen-bond acceptors (Lipinski definition) is 6. The maximum atomic E-state index is 9.14. The lowest BCUT2D eigenvalue weighted by Gasteiger charge is -2.27. The summed E-state index contributed by atoms with van der Waals surface area (Å²) in [5.41, 5.74) is 0.660. The third kappa shape index (κ3) is 3.42. The molecular weight excluding hydrogens is 250 g/mol. The molecule has 108 valence electrons. The molecule has 0 saturated heterocycles. The summed E-state index contributed by atoms with van der Waals surface area (Å²) >= 11 is 0. The zero-order valence-corrected chi connectivity index (χ0v) is 11.5. The van der Waals surface area contributed by atoms with Crippen molar-refractivity contribution in [3.8, 4) is 17.2 Å². The molecule has 19 heavy (non-hydrogen) atoms. The van der Waals surface area contributed by atoms with Crippen molar-refractivity contribution >= 4 is 5.69 Å². The number of nitrogens with zero attached hydrogens (tertiary/aromatic N) is 1. The molecule has 0 radical (unpaired) electrons. The average molecular weight is 271 g/mol. The van der Waals surface area contributed by atoms with E-state index in [1.54, 1.807) is 31.3 Å². The first-order valence-corrected chi connectivity index (χ1v) is 5.99. The SMILES string of the molecule is COc1ccc(OC)c(N(CCO)CCO)c1OC. The summed E-state index contributed by atoms with van der Waals surface area (Å²) < 4.78 is 15.9. The molecule has 0 bridgehead atoms. The molecule has 0 unspecified atom stereocenters. The van der Waals surface area contributed by atoms with Crippen LogP contribution in [0.25, 0.3) is 0 Å². The number of ether oxygens (including phenoxy) is 3. The van der Waals surface area contributed by atoms with Gasteiger partial charge in [-0.1, -0.05) is 0 Å². The molecule has 6 nitrogen and oxygen atoms in total. The summed E-state index contributed by atoms with van der Waals surface area (Å²) in [7, 11) is 4.65. The Kier molecular flexibility index (Phi) is 6.24. The van der Waals surface area contributed by atoms with E-state index in [4.69, 9.17) is 24.4 Å². The van der Waals surface area contributed by atoms with Gasteiger partial charge in [0.1, 0.15) is 11.4 Å². The minimum atomic E-state index is -0.0382. The standard InChI is InChI=1S/C13H21NO5/c1-17-10-4-5-11(18-2)13(19-3)12(10)14(6-8-15)7-9-16/h4-5,15-16H,6-9H2,1-3H3. The van der Waals surface area contributed by atoms with Crippen LogP contribution in [0, 0.1) is 0 Å². The van der Waals surface area contributed by atoms with Crippen molar-refractivity contribution in [2.75, 3.05) is 52.5 Å². The quantitative estimate of drug-likeness (QED) is 0.717. The summed E-state index contributed by atoms with van der Waals surface area (Å²) in [5.74, 6) is 1.68. The van der Waals surface area contributed by atoms with E-state index < -0.39 is 0 Å². The van der Waals surface area contributed by atoms with Crippen LogP contribution >= 0.6 is 0 Å². The molecule has 0 aliphatic carbocycles. The van der Waals surface area contributed by atoms with Crippen molar-refractivity contribution in [3.63, 3.8) is 0 Å². The summed E-state index contributed by atoms with van der Waals surface area (Å²) in [4.78, 5) is 1.79. The normalized spacial score (nSPS) is 10.2. The smallest absolute Gasteiger partial charge is 0.188 e. The van der Waals surface area contributed by atoms with Crippen molar-refractivity contribution in [2.45, 2.75) is 0 Å². The van der Waals surface area contributed by atoms with E-state index in [1.165, 1.54) is 7.11 Å². The van der Waals surface area contributed by atoms with Gasteiger partial charge in [-0.25, -0.2) is 0 Å². The Morgan fingerprint density at radius 1 is 0.895 bits per heavy atom. The Balaban J connectivity index is 3.32. The molecule has 1 rings (SSSR count). The Labute approximate surface area is 113 Å². The first kappa shape index (κ1) is 15.4. The van der Waals surface area contributed by atoms with E-state index in [1.807, 2.05) is 0 Å². The van der Waals surface area contributed by atoms with Crippen molar-refractivity contribution < 1.29 is 24.4 Å². The second-order valence-corrected chi connectivity index (χ2v) is 3.79. The molecule has 0 amide bonds. The van der Waals surface area contributed by atoms with E-state index >= 15 is 0 Å². The summed E-state index contributed by atoms with van der Waals surface area (Å²) in [5, 5.41) is 18.3. The van der Waals surface area contributed by atoms with E-state index in [9.17, 15) is 0 Å². The molecule has 1 aromatic rings.